The van der Waals surface area contributed by atoms with Crippen molar-refractivity contribution in [1.29, 1.82) is 0 Å². The van der Waals surface area contributed by atoms with Crippen molar-refractivity contribution in [2.24, 2.45) is 7.05 Å². The molecule has 0 saturated carbocycles. The molecular weight excluding hydrogens is 232 g/mol. The van der Waals surface area contributed by atoms with Crippen LogP contribution in [0.3, 0.4) is 0 Å². The van der Waals surface area contributed by atoms with Crippen LogP contribution < -0.4 is 5.32 Å². The normalized spacial score (nSPS) is 12.8. The van der Waals surface area contributed by atoms with Gasteiger partial charge in [0.25, 0.3) is 0 Å². The fraction of sp³-hybridized carbons (Fsp3) is 0.500. The zero-order valence-corrected chi connectivity index (χ0v) is 11.1. The number of imidazole rings is 1. The van der Waals surface area contributed by atoms with Crippen molar-refractivity contribution in [2.45, 2.75) is 25.8 Å². The summed E-state index contributed by atoms with van der Waals surface area (Å²) in [5.74, 6) is 1.14. The molecule has 0 aliphatic heterocycles. The summed E-state index contributed by atoms with van der Waals surface area (Å²) in [6.45, 7) is 3.11. The Balaban J connectivity index is 1.97. The smallest absolute Gasteiger partial charge is 0.108 e. The van der Waals surface area contributed by atoms with E-state index in [-0.39, 0.29) is 0 Å². The molecule has 0 aliphatic carbocycles. The van der Waals surface area contributed by atoms with Gasteiger partial charge in [-0.25, -0.2) is 4.98 Å². The third-order valence-corrected chi connectivity index (χ3v) is 3.71. The van der Waals surface area contributed by atoms with Crippen LogP contribution >= 0.6 is 11.3 Å². The van der Waals surface area contributed by atoms with Crippen LogP contribution in [0.15, 0.2) is 24.1 Å². The van der Waals surface area contributed by atoms with Crippen LogP contribution in [-0.2, 0) is 13.5 Å². The molecule has 0 aromatic carbocycles. The lowest BCUT2D eigenvalue weighted by Gasteiger charge is -2.15. The quantitative estimate of drug-likeness (QED) is 0.854. The predicted molar refractivity (Wildman–Crippen MR) is 70.1 cm³/mol. The van der Waals surface area contributed by atoms with Gasteiger partial charge in [0, 0.05) is 43.0 Å². The molecule has 0 saturated heterocycles. The van der Waals surface area contributed by atoms with Crippen molar-refractivity contribution in [3.8, 4) is 0 Å². The fourth-order valence-corrected chi connectivity index (χ4v) is 2.63. The highest BCUT2D eigenvalue weighted by atomic mass is 32.1. The summed E-state index contributed by atoms with van der Waals surface area (Å²) in [7, 11) is 2.04. The van der Waals surface area contributed by atoms with E-state index in [1.807, 2.05) is 31.1 Å². The number of aromatic nitrogens is 3. The van der Waals surface area contributed by atoms with E-state index in [9.17, 15) is 0 Å². The van der Waals surface area contributed by atoms with E-state index >= 15 is 0 Å². The maximum Gasteiger partial charge on any atom is 0.108 e. The Morgan fingerprint density at radius 1 is 1.53 bits per heavy atom. The van der Waals surface area contributed by atoms with Crippen molar-refractivity contribution in [3.63, 3.8) is 0 Å². The predicted octanol–water partition coefficient (Wildman–Crippen LogP) is 2.16. The third-order valence-electron chi connectivity index (χ3n) is 2.82. The molecule has 2 rings (SSSR count). The third kappa shape index (κ3) is 3.14. The number of hydrogen-bond acceptors (Lipinski definition) is 4. The largest absolute Gasteiger partial charge is 0.338 e. The van der Waals surface area contributed by atoms with Gasteiger partial charge in [-0.3, -0.25) is 4.98 Å². The highest BCUT2D eigenvalue weighted by molar-refractivity contribution is 7.09. The van der Waals surface area contributed by atoms with Gasteiger partial charge in [0.2, 0.25) is 0 Å². The van der Waals surface area contributed by atoms with Crippen LogP contribution in [0, 0.1) is 0 Å². The molecule has 1 atom stereocenters. The lowest BCUT2D eigenvalue weighted by Crippen LogP contribution is -2.21. The van der Waals surface area contributed by atoms with Gasteiger partial charge in [0.1, 0.15) is 5.82 Å². The molecule has 1 unspecified atom stereocenters. The number of rotatable bonds is 6. The molecule has 2 heterocycles. The summed E-state index contributed by atoms with van der Waals surface area (Å²) < 4.78 is 2.08. The molecule has 2 aromatic rings. The van der Waals surface area contributed by atoms with Crippen molar-refractivity contribution in [1.82, 2.24) is 19.9 Å². The van der Waals surface area contributed by atoms with Gasteiger partial charge in [0.15, 0.2) is 0 Å². The molecule has 0 bridgehead atoms. The van der Waals surface area contributed by atoms with E-state index in [0.717, 1.165) is 25.2 Å². The first-order valence-corrected chi connectivity index (χ1v) is 6.77. The maximum atomic E-state index is 4.35. The second-order valence-electron chi connectivity index (χ2n) is 4.01. The minimum atomic E-state index is 0.393. The monoisotopic (exact) mass is 250 g/mol. The Morgan fingerprint density at radius 3 is 3.00 bits per heavy atom. The van der Waals surface area contributed by atoms with E-state index in [1.165, 1.54) is 4.88 Å². The van der Waals surface area contributed by atoms with E-state index in [1.54, 1.807) is 11.3 Å². The Labute approximate surface area is 106 Å². The van der Waals surface area contributed by atoms with Gasteiger partial charge < -0.3 is 9.88 Å². The molecular formula is C12H18N4S. The first kappa shape index (κ1) is 12.3. The molecule has 1 N–H and O–H groups in total. The van der Waals surface area contributed by atoms with Crippen molar-refractivity contribution in [3.05, 3.63) is 34.8 Å². The van der Waals surface area contributed by atoms with Gasteiger partial charge in [-0.15, -0.1) is 11.3 Å². The molecule has 0 spiro atoms. The number of nitrogens with one attached hydrogen (secondary N) is 1. The number of thiazole rings is 1. The van der Waals surface area contributed by atoms with E-state index in [0.29, 0.717) is 6.04 Å². The summed E-state index contributed by atoms with van der Waals surface area (Å²) in [6.07, 6.45) is 7.84. The summed E-state index contributed by atoms with van der Waals surface area (Å²) in [4.78, 5) is 9.80. The van der Waals surface area contributed by atoms with Crippen LogP contribution in [0.4, 0.5) is 0 Å². The Bertz CT molecular complexity index is 435. The van der Waals surface area contributed by atoms with Gasteiger partial charge in [-0.05, 0) is 13.0 Å². The number of hydrogen-bond donors (Lipinski definition) is 1. The zero-order valence-electron chi connectivity index (χ0n) is 10.3. The van der Waals surface area contributed by atoms with Crippen molar-refractivity contribution < 1.29 is 0 Å². The summed E-state index contributed by atoms with van der Waals surface area (Å²) >= 11 is 1.71. The Kier molecular flexibility index (Phi) is 4.28. The lowest BCUT2D eigenvalue weighted by atomic mass is 10.1. The zero-order chi connectivity index (χ0) is 12.1. The molecule has 17 heavy (non-hydrogen) atoms. The van der Waals surface area contributed by atoms with E-state index in [4.69, 9.17) is 0 Å². The average molecular weight is 250 g/mol. The van der Waals surface area contributed by atoms with Crippen LogP contribution in [0.2, 0.25) is 0 Å². The molecule has 92 valence electrons. The van der Waals surface area contributed by atoms with Crippen LogP contribution in [-0.4, -0.2) is 21.1 Å². The molecule has 0 radical (unpaired) electrons. The molecule has 5 heteroatoms. The Morgan fingerprint density at radius 2 is 2.41 bits per heavy atom. The Hall–Kier alpha value is -1.20. The topological polar surface area (TPSA) is 42.7 Å². The first-order chi connectivity index (χ1) is 8.31. The SMILES string of the molecule is CCNC(CCc1nccn1C)c1cncs1. The second-order valence-corrected chi connectivity index (χ2v) is 4.93. The highest BCUT2D eigenvalue weighted by Gasteiger charge is 2.12. The van der Waals surface area contributed by atoms with Crippen LogP contribution in [0.5, 0.6) is 0 Å². The summed E-state index contributed by atoms with van der Waals surface area (Å²) in [5.41, 5.74) is 1.89. The molecule has 0 aliphatic rings. The molecule has 0 amide bonds. The number of aryl methyl sites for hydroxylation is 2. The fourth-order valence-electron chi connectivity index (χ4n) is 1.90. The van der Waals surface area contributed by atoms with Crippen LogP contribution in [0.1, 0.15) is 30.1 Å². The minimum absolute atomic E-state index is 0.393. The van der Waals surface area contributed by atoms with Crippen molar-refractivity contribution in [2.75, 3.05) is 6.54 Å². The van der Waals surface area contributed by atoms with Gasteiger partial charge in [0.05, 0.1) is 5.51 Å². The van der Waals surface area contributed by atoms with E-state index in [2.05, 4.69) is 26.8 Å². The average Bonchev–Trinajstić information content (AvgIpc) is 2.96. The lowest BCUT2D eigenvalue weighted by molar-refractivity contribution is 0.512. The summed E-state index contributed by atoms with van der Waals surface area (Å²) in [6, 6.07) is 0.393. The molecule has 0 fully saturated rings. The standard InChI is InChI=1S/C12H18N4S/c1-3-14-10(11-8-13-9-17-11)4-5-12-15-6-7-16(12)2/h6-10,14H,3-5H2,1-2H3. The van der Waals surface area contributed by atoms with Gasteiger partial charge in [-0.1, -0.05) is 6.92 Å². The highest BCUT2D eigenvalue weighted by Crippen LogP contribution is 2.21. The molecule has 4 nitrogen and oxygen atoms in total. The maximum absolute atomic E-state index is 4.35. The van der Waals surface area contributed by atoms with Crippen LogP contribution in [0.25, 0.3) is 0 Å². The molecule has 2 aromatic heterocycles. The minimum Gasteiger partial charge on any atom is -0.338 e. The summed E-state index contributed by atoms with van der Waals surface area (Å²) in [5, 5.41) is 3.50. The van der Waals surface area contributed by atoms with E-state index < -0.39 is 0 Å². The van der Waals surface area contributed by atoms with Crippen molar-refractivity contribution >= 4 is 11.3 Å². The van der Waals surface area contributed by atoms with Gasteiger partial charge in [-0.2, -0.15) is 0 Å². The van der Waals surface area contributed by atoms with Gasteiger partial charge >= 0.3 is 0 Å². The number of nitrogens with zero attached hydrogens (tertiary/aromatic N) is 3. The second kappa shape index (κ2) is 5.93. The first-order valence-electron chi connectivity index (χ1n) is 5.89.